The minimum absolute atomic E-state index is 0.0915. The summed E-state index contributed by atoms with van der Waals surface area (Å²) in [5.74, 6) is 0.701. The molecule has 1 N–H and O–H groups in total. The zero-order valence-electron chi connectivity index (χ0n) is 10.7. The van der Waals surface area contributed by atoms with Crippen molar-refractivity contribution in [1.29, 1.82) is 0 Å². The van der Waals surface area contributed by atoms with E-state index >= 15 is 0 Å². The van der Waals surface area contributed by atoms with Crippen LogP contribution in [0.5, 0.6) is 0 Å². The molecule has 2 rings (SSSR count). The fourth-order valence-electron chi connectivity index (χ4n) is 1.61. The third-order valence-corrected chi connectivity index (χ3v) is 2.55. The second-order valence-corrected chi connectivity index (χ2v) is 4.28. The molecule has 0 radical (unpaired) electrons. The quantitative estimate of drug-likeness (QED) is 0.899. The van der Waals surface area contributed by atoms with Crippen LogP contribution in [0.3, 0.4) is 0 Å². The van der Waals surface area contributed by atoms with Gasteiger partial charge in [-0.2, -0.15) is 4.98 Å². The Kier molecular flexibility index (Phi) is 3.41. The van der Waals surface area contributed by atoms with Gasteiger partial charge in [0.2, 0.25) is 11.8 Å². The average Bonchev–Trinajstić information content (AvgIpc) is 2.69. The van der Waals surface area contributed by atoms with Gasteiger partial charge in [0.1, 0.15) is 6.42 Å². The number of hydrogen-bond donors (Lipinski definition) is 1. The van der Waals surface area contributed by atoms with Crippen molar-refractivity contribution in [2.45, 2.75) is 27.2 Å². The number of rotatable bonds is 3. The molecule has 0 saturated heterocycles. The van der Waals surface area contributed by atoms with Crippen molar-refractivity contribution in [3.63, 3.8) is 0 Å². The van der Waals surface area contributed by atoms with Gasteiger partial charge in [-0.05, 0) is 38.0 Å². The van der Waals surface area contributed by atoms with Gasteiger partial charge in [-0.1, -0.05) is 17.3 Å². The maximum atomic E-state index is 11.8. The van der Waals surface area contributed by atoms with Crippen LogP contribution in [-0.4, -0.2) is 16.0 Å². The zero-order valence-corrected chi connectivity index (χ0v) is 10.7. The van der Waals surface area contributed by atoms with Crippen LogP contribution in [0.25, 0.3) is 0 Å². The Bertz CT molecular complexity index is 575. The molecule has 0 aliphatic carbocycles. The molecule has 0 saturated carbocycles. The monoisotopic (exact) mass is 245 g/mol. The Labute approximate surface area is 105 Å². The number of benzene rings is 1. The number of carbonyl (C=O) groups excluding carboxylic acids is 1. The molecule has 0 spiro atoms. The molecular formula is C13H15N3O2. The van der Waals surface area contributed by atoms with E-state index in [2.05, 4.69) is 15.5 Å². The Hall–Kier alpha value is -2.17. The topological polar surface area (TPSA) is 68.0 Å². The first-order valence-electron chi connectivity index (χ1n) is 5.71. The molecule has 0 aliphatic heterocycles. The fourth-order valence-corrected chi connectivity index (χ4v) is 1.61. The lowest BCUT2D eigenvalue weighted by molar-refractivity contribution is -0.115. The van der Waals surface area contributed by atoms with Crippen LogP contribution in [-0.2, 0) is 11.2 Å². The van der Waals surface area contributed by atoms with Crippen LogP contribution in [0.15, 0.2) is 22.7 Å². The van der Waals surface area contributed by atoms with E-state index in [1.54, 1.807) is 6.92 Å². The maximum absolute atomic E-state index is 11.8. The summed E-state index contributed by atoms with van der Waals surface area (Å²) in [6, 6.07) is 5.92. The number of nitrogens with one attached hydrogen (secondary N) is 1. The number of hydrogen-bond acceptors (Lipinski definition) is 4. The first-order chi connectivity index (χ1) is 8.54. The fraction of sp³-hybridized carbons (Fsp3) is 0.308. The lowest BCUT2D eigenvalue weighted by atomic mass is 10.1. The number of aryl methyl sites for hydroxylation is 3. The van der Waals surface area contributed by atoms with Gasteiger partial charge in [0, 0.05) is 5.69 Å². The predicted octanol–water partition coefficient (Wildman–Crippen LogP) is 2.18. The number of carbonyl (C=O) groups is 1. The van der Waals surface area contributed by atoms with E-state index in [9.17, 15) is 4.79 Å². The number of aromatic nitrogens is 2. The molecule has 1 aromatic heterocycles. The van der Waals surface area contributed by atoms with Gasteiger partial charge >= 0.3 is 0 Å². The van der Waals surface area contributed by atoms with E-state index in [1.807, 2.05) is 32.0 Å². The van der Waals surface area contributed by atoms with Crippen molar-refractivity contribution in [3.05, 3.63) is 41.0 Å². The van der Waals surface area contributed by atoms with Gasteiger partial charge < -0.3 is 9.84 Å². The molecule has 5 heteroatoms. The molecular weight excluding hydrogens is 230 g/mol. The molecule has 5 nitrogen and oxygen atoms in total. The first-order valence-corrected chi connectivity index (χ1v) is 5.71. The van der Waals surface area contributed by atoms with Crippen molar-refractivity contribution < 1.29 is 9.32 Å². The zero-order chi connectivity index (χ0) is 13.1. The van der Waals surface area contributed by atoms with Crippen LogP contribution in [0.1, 0.15) is 22.8 Å². The molecule has 0 bridgehead atoms. The van der Waals surface area contributed by atoms with Gasteiger partial charge in [0.15, 0.2) is 5.82 Å². The molecule has 1 amide bonds. The maximum Gasteiger partial charge on any atom is 0.236 e. The van der Waals surface area contributed by atoms with Crippen LogP contribution < -0.4 is 5.32 Å². The summed E-state index contributed by atoms with van der Waals surface area (Å²) in [5, 5.41) is 6.48. The molecule has 0 unspecified atom stereocenters. The number of nitrogens with zero attached hydrogens (tertiary/aromatic N) is 2. The highest BCUT2D eigenvalue weighted by Gasteiger charge is 2.10. The van der Waals surface area contributed by atoms with E-state index in [-0.39, 0.29) is 12.3 Å². The van der Waals surface area contributed by atoms with E-state index in [4.69, 9.17) is 4.52 Å². The smallest absolute Gasteiger partial charge is 0.236 e. The summed E-state index contributed by atoms with van der Waals surface area (Å²) in [5.41, 5.74) is 2.94. The average molecular weight is 245 g/mol. The second kappa shape index (κ2) is 5.00. The first kappa shape index (κ1) is 12.3. The van der Waals surface area contributed by atoms with E-state index in [0.29, 0.717) is 11.7 Å². The van der Waals surface area contributed by atoms with Gasteiger partial charge in [-0.15, -0.1) is 0 Å². The molecule has 2 aromatic rings. The Morgan fingerprint density at radius 2 is 2.11 bits per heavy atom. The summed E-state index contributed by atoms with van der Waals surface area (Å²) in [7, 11) is 0. The Morgan fingerprint density at radius 3 is 2.78 bits per heavy atom. The lowest BCUT2D eigenvalue weighted by Gasteiger charge is -2.08. The van der Waals surface area contributed by atoms with E-state index < -0.39 is 0 Å². The summed E-state index contributed by atoms with van der Waals surface area (Å²) in [6.07, 6.45) is 0.0915. The largest absolute Gasteiger partial charge is 0.339 e. The highest BCUT2D eigenvalue weighted by atomic mass is 16.5. The minimum atomic E-state index is -0.160. The van der Waals surface area contributed by atoms with Crippen LogP contribution >= 0.6 is 0 Å². The summed E-state index contributed by atoms with van der Waals surface area (Å²) < 4.78 is 4.90. The summed E-state index contributed by atoms with van der Waals surface area (Å²) >= 11 is 0. The highest BCUT2D eigenvalue weighted by molar-refractivity contribution is 5.92. The van der Waals surface area contributed by atoms with Crippen LogP contribution in [0.2, 0.25) is 0 Å². The van der Waals surface area contributed by atoms with Gasteiger partial charge in [0.25, 0.3) is 0 Å². The van der Waals surface area contributed by atoms with Crippen molar-refractivity contribution >= 4 is 11.6 Å². The Balaban J connectivity index is 2.05. The van der Waals surface area contributed by atoms with Gasteiger partial charge in [-0.3, -0.25) is 4.79 Å². The van der Waals surface area contributed by atoms with E-state index in [1.165, 1.54) is 0 Å². The highest BCUT2D eigenvalue weighted by Crippen LogP contribution is 2.16. The van der Waals surface area contributed by atoms with Crippen LogP contribution in [0, 0.1) is 20.8 Å². The third kappa shape index (κ3) is 2.94. The second-order valence-electron chi connectivity index (χ2n) is 4.28. The van der Waals surface area contributed by atoms with Gasteiger partial charge in [0.05, 0.1) is 0 Å². The van der Waals surface area contributed by atoms with Crippen molar-refractivity contribution in [2.75, 3.05) is 5.32 Å². The van der Waals surface area contributed by atoms with E-state index in [0.717, 1.165) is 16.8 Å². The molecule has 0 fully saturated rings. The lowest BCUT2D eigenvalue weighted by Crippen LogP contribution is -2.15. The minimum Gasteiger partial charge on any atom is -0.339 e. The summed E-state index contributed by atoms with van der Waals surface area (Å²) in [4.78, 5) is 15.8. The molecule has 18 heavy (non-hydrogen) atoms. The predicted molar refractivity (Wildman–Crippen MR) is 67.3 cm³/mol. The van der Waals surface area contributed by atoms with Crippen molar-refractivity contribution in [2.24, 2.45) is 0 Å². The number of anilines is 1. The normalized spacial score (nSPS) is 10.4. The molecule has 1 heterocycles. The van der Waals surface area contributed by atoms with Gasteiger partial charge in [-0.25, -0.2) is 0 Å². The molecule has 94 valence electrons. The van der Waals surface area contributed by atoms with Crippen molar-refractivity contribution in [1.82, 2.24) is 10.1 Å². The molecule has 1 aromatic carbocycles. The molecule has 0 atom stereocenters. The number of amides is 1. The van der Waals surface area contributed by atoms with Crippen LogP contribution in [0.4, 0.5) is 5.69 Å². The third-order valence-electron chi connectivity index (χ3n) is 2.55. The SMILES string of the molecule is Cc1ccc(C)c(NC(=O)Cc2nc(C)no2)c1. The summed E-state index contributed by atoms with van der Waals surface area (Å²) in [6.45, 7) is 5.65. The standard InChI is InChI=1S/C13H15N3O2/c1-8-4-5-9(2)11(6-8)15-12(17)7-13-14-10(3)16-18-13/h4-6H,7H2,1-3H3,(H,15,17). The molecule has 0 aliphatic rings. The Morgan fingerprint density at radius 1 is 1.33 bits per heavy atom. The van der Waals surface area contributed by atoms with Crippen molar-refractivity contribution in [3.8, 4) is 0 Å².